The number of nitrogens with zero attached hydrogens (tertiary/aromatic N) is 1. The van der Waals surface area contributed by atoms with E-state index in [1.165, 1.54) is 23.3 Å². The van der Waals surface area contributed by atoms with E-state index in [-0.39, 0.29) is 0 Å². The van der Waals surface area contributed by atoms with Crippen molar-refractivity contribution in [3.63, 3.8) is 0 Å². The second-order valence-corrected chi connectivity index (χ2v) is 5.05. The Morgan fingerprint density at radius 2 is 2.50 bits per heavy atom. The fraction of sp³-hybridized carbons (Fsp3) is 0.545. The summed E-state index contributed by atoms with van der Waals surface area (Å²) in [6.45, 7) is 4.23. The number of thiophene rings is 1. The lowest BCUT2D eigenvalue weighted by atomic mass is 9.92. The van der Waals surface area contributed by atoms with Gasteiger partial charge in [0.2, 0.25) is 0 Å². The summed E-state index contributed by atoms with van der Waals surface area (Å²) in [5, 5.41) is 12.4. The van der Waals surface area contributed by atoms with Gasteiger partial charge < -0.3 is 5.32 Å². The molecule has 1 N–H and O–H groups in total. The maximum atomic E-state index is 9.00. The fourth-order valence-electron chi connectivity index (χ4n) is 2.04. The van der Waals surface area contributed by atoms with Crippen LogP contribution in [0.25, 0.3) is 0 Å². The van der Waals surface area contributed by atoms with E-state index in [0.717, 1.165) is 18.0 Å². The summed E-state index contributed by atoms with van der Waals surface area (Å²) in [6, 6.07) is 4.49. The first-order chi connectivity index (χ1) is 6.81. The number of nitrogens with one attached hydrogen (secondary N) is 1. The molecule has 1 aromatic rings. The molecule has 0 radical (unpaired) electrons. The van der Waals surface area contributed by atoms with Crippen LogP contribution in [-0.2, 0) is 0 Å². The third-order valence-electron chi connectivity index (χ3n) is 2.72. The minimum absolute atomic E-state index is 0.559. The van der Waals surface area contributed by atoms with Gasteiger partial charge in [0.1, 0.15) is 10.9 Å². The molecule has 2 nitrogen and oxygen atoms in total. The maximum Gasteiger partial charge on any atom is 0.110 e. The summed E-state index contributed by atoms with van der Waals surface area (Å²) < 4.78 is 0. The summed E-state index contributed by atoms with van der Waals surface area (Å²) in [6.07, 6.45) is 2.45. The molecular formula is C11H14N2S. The molecule has 0 amide bonds. The van der Waals surface area contributed by atoms with Gasteiger partial charge in [0.25, 0.3) is 0 Å². The number of rotatable bonds is 1. The van der Waals surface area contributed by atoms with Crippen LogP contribution in [0.4, 0.5) is 0 Å². The molecule has 1 aliphatic heterocycles. The number of aryl methyl sites for hydroxylation is 1. The molecule has 0 saturated carbocycles. The summed E-state index contributed by atoms with van der Waals surface area (Å²) in [5.74, 6) is 0.559. The van der Waals surface area contributed by atoms with Crippen molar-refractivity contribution in [2.75, 3.05) is 13.1 Å². The van der Waals surface area contributed by atoms with Crippen LogP contribution in [0.1, 0.15) is 34.1 Å². The van der Waals surface area contributed by atoms with Crippen molar-refractivity contribution in [3.05, 3.63) is 21.4 Å². The van der Waals surface area contributed by atoms with Gasteiger partial charge in [-0.1, -0.05) is 0 Å². The average molecular weight is 206 g/mol. The first-order valence-corrected chi connectivity index (χ1v) is 5.84. The van der Waals surface area contributed by atoms with E-state index in [2.05, 4.69) is 24.4 Å². The summed E-state index contributed by atoms with van der Waals surface area (Å²) in [5.41, 5.74) is 1.27. The molecule has 14 heavy (non-hydrogen) atoms. The van der Waals surface area contributed by atoms with E-state index >= 15 is 0 Å². The minimum atomic E-state index is 0.559. The van der Waals surface area contributed by atoms with E-state index < -0.39 is 0 Å². The van der Waals surface area contributed by atoms with Crippen molar-refractivity contribution in [1.82, 2.24) is 5.32 Å². The van der Waals surface area contributed by atoms with Crippen LogP contribution in [0, 0.1) is 18.3 Å². The van der Waals surface area contributed by atoms with E-state index in [1.54, 1.807) is 11.3 Å². The molecule has 0 bridgehead atoms. The molecule has 1 aromatic heterocycles. The molecule has 2 rings (SSSR count). The summed E-state index contributed by atoms with van der Waals surface area (Å²) >= 11 is 1.62. The Bertz CT molecular complexity index is 356. The van der Waals surface area contributed by atoms with Crippen molar-refractivity contribution in [1.29, 1.82) is 5.26 Å². The molecule has 1 atom stereocenters. The van der Waals surface area contributed by atoms with E-state index in [4.69, 9.17) is 5.26 Å². The zero-order chi connectivity index (χ0) is 9.97. The van der Waals surface area contributed by atoms with Crippen LogP contribution in [0.5, 0.6) is 0 Å². The predicted octanol–water partition coefficient (Wildman–Crippen LogP) is 2.40. The van der Waals surface area contributed by atoms with Crippen LogP contribution >= 0.6 is 11.3 Å². The van der Waals surface area contributed by atoms with Crippen LogP contribution in [0.3, 0.4) is 0 Å². The number of piperidine rings is 1. The summed E-state index contributed by atoms with van der Waals surface area (Å²) in [7, 11) is 0. The smallest absolute Gasteiger partial charge is 0.110 e. The SMILES string of the molecule is Cc1cc(C2CCCNC2)c(C#N)s1. The van der Waals surface area contributed by atoms with E-state index in [0.29, 0.717) is 5.92 Å². The second-order valence-electron chi connectivity index (χ2n) is 3.80. The van der Waals surface area contributed by atoms with Crippen LogP contribution in [-0.4, -0.2) is 13.1 Å². The van der Waals surface area contributed by atoms with Gasteiger partial charge in [0.05, 0.1) is 0 Å². The molecule has 1 aliphatic rings. The monoisotopic (exact) mass is 206 g/mol. The van der Waals surface area contributed by atoms with E-state index in [1.807, 2.05) is 0 Å². The standard InChI is InChI=1S/C11H14N2S/c1-8-5-10(11(6-12)14-8)9-3-2-4-13-7-9/h5,9,13H,2-4,7H2,1H3. The lowest BCUT2D eigenvalue weighted by Gasteiger charge is -2.22. The molecular weight excluding hydrogens is 192 g/mol. The van der Waals surface area contributed by atoms with Crippen molar-refractivity contribution in [2.24, 2.45) is 0 Å². The number of hydrogen-bond donors (Lipinski definition) is 1. The molecule has 1 saturated heterocycles. The van der Waals surface area contributed by atoms with Gasteiger partial charge in [0, 0.05) is 11.4 Å². The normalized spacial score (nSPS) is 21.9. The van der Waals surface area contributed by atoms with Gasteiger partial charge in [-0.2, -0.15) is 5.26 Å². The van der Waals surface area contributed by atoms with Crippen LogP contribution in [0.2, 0.25) is 0 Å². The predicted molar refractivity (Wildman–Crippen MR) is 58.6 cm³/mol. The second kappa shape index (κ2) is 4.12. The Labute approximate surface area is 88.6 Å². The van der Waals surface area contributed by atoms with Gasteiger partial charge in [-0.15, -0.1) is 11.3 Å². The molecule has 3 heteroatoms. The van der Waals surface area contributed by atoms with Gasteiger partial charge >= 0.3 is 0 Å². The largest absolute Gasteiger partial charge is 0.316 e. The highest BCUT2D eigenvalue weighted by Gasteiger charge is 2.19. The van der Waals surface area contributed by atoms with Crippen molar-refractivity contribution < 1.29 is 0 Å². The average Bonchev–Trinajstić information content (AvgIpc) is 2.61. The summed E-state index contributed by atoms with van der Waals surface area (Å²) in [4.78, 5) is 2.17. The molecule has 0 spiro atoms. The zero-order valence-corrected chi connectivity index (χ0v) is 9.16. The van der Waals surface area contributed by atoms with Gasteiger partial charge in [-0.05, 0) is 43.9 Å². The Morgan fingerprint density at radius 3 is 3.14 bits per heavy atom. The van der Waals surface area contributed by atoms with Gasteiger partial charge in [0.15, 0.2) is 0 Å². The Kier molecular flexibility index (Phi) is 2.85. The molecule has 0 aromatic carbocycles. The first-order valence-electron chi connectivity index (χ1n) is 5.02. The lowest BCUT2D eigenvalue weighted by Crippen LogP contribution is -2.28. The highest BCUT2D eigenvalue weighted by Crippen LogP contribution is 2.31. The van der Waals surface area contributed by atoms with Crippen molar-refractivity contribution >= 4 is 11.3 Å². The lowest BCUT2D eigenvalue weighted by molar-refractivity contribution is 0.462. The maximum absolute atomic E-state index is 9.00. The Morgan fingerprint density at radius 1 is 1.64 bits per heavy atom. The Hall–Kier alpha value is -0.850. The van der Waals surface area contributed by atoms with Crippen LogP contribution in [0.15, 0.2) is 6.07 Å². The third kappa shape index (κ3) is 1.82. The number of nitriles is 1. The fourth-order valence-corrected chi connectivity index (χ4v) is 2.94. The molecule has 1 unspecified atom stereocenters. The zero-order valence-electron chi connectivity index (χ0n) is 8.34. The topological polar surface area (TPSA) is 35.8 Å². The van der Waals surface area contributed by atoms with Gasteiger partial charge in [-0.3, -0.25) is 0 Å². The first kappa shape index (κ1) is 9.70. The molecule has 1 fully saturated rings. The van der Waals surface area contributed by atoms with Crippen molar-refractivity contribution in [2.45, 2.75) is 25.7 Å². The van der Waals surface area contributed by atoms with E-state index in [9.17, 15) is 0 Å². The molecule has 2 heterocycles. The minimum Gasteiger partial charge on any atom is -0.316 e. The highest BCUT2D eigenvalue weighted by atomic mass is 32.1. The molecule has 74 valence electrons. The van der Waals surface area contributed by atoms with Gasteiger partial charge in [-0.25, -0.2) is 0 Å². The third-order valence-corrected chi connectivity index (χ3v) is 3.69. The molecule has 0 aliphatic carbocycles. The number of hydrogen-bond acceptors (Lipinski definition) is 3. The highest BCUT2D eigenvalue weighted by molar-refractivity contribution is 7.12. The Balaban J connectivity index is 2.25. The van der Waals surface area contributed by atoms with Crippen molar-refractivity contribution in [3.8, 4) is 6.07 Å². The van der Waals surface area contributed by atoms with Crippen LogP contribution < -0.4 is 5.32 Å². The quantitative estimate of drug-likeness (QED) is 0.766.